The molecule has 7 heteroatoms. The van der Waals surface area contributed by atoms with Crippen molar-refractivity contribution >= 4 is 11.5 Å². The number of rotatable bonds is 6. The molecule has 1 aromatic carbocycles. The van der Waals surface area contributed by atoms with Gasteiger partial charge in [-0.1, -0.05) is 49.4 Å². The van der Waals surface area contributed by atoms with E-state index in [1.165, 1.54) is 22.4 Å². The van der Waals surface area contributed by atoms with Crippen molar-refractivity contribution in [2.24, 2.45) is 16.6 Å². The number of hydrogen-bond donors (Lipinski definition) is 2. The Bertz CT molecular complexity index is 1440. The fourth-order valence-corrected chi connectivity index (χ4v) is 7.11. The lowest BCUT2D eigenvalue weighted by Gasteiger charge is -2.39. The minimum absolute atomic E-state index is 0.154. The summed E-state index contributed by atoms with van der Waals surface area (Å²) in [5, 5.41) is 2.18. The van der Waals surface area contributed by atoms with E-state index >= 15 is 0 Å². The van der Waals surface area contributed by atoms with Gasteiger partial charge in [0.2, 0.25) is 0 Å². The lowest BCUT2D eigenvalue weighted by atomic mass is 9.82. The van der Waals surface area contributed by atoms with Crippen molar-refractivity contribution in [3.63, 3.8) is 0 Å². The minimum Gasteiger partial charge on any atom is -0.493 e. The number of ether oxygens (including phenoxy) is 1. The highest BCUT2D eigenvalue weighted by molar-refractivity contribution is 5.99. The number of pyridine rings is 1. The summed E-state index contributed by atoms with van der Waals surface area (Å²) in [4.78, 5) is 11.9. The number of anilines is 1. The molecule has 3 N–H and O–H groups in total. The second-order valence-corrected chi connectivity index (χ2v) is 11.5. The molecule has 206 valence electrons. The number of hydrazine groups is 1. The van der Waals surface area contributed by atoms with Crippen LogP contribution in [0.5, 0.6) is 5.75 Å². The number of nitrogens with two attached hydrogens (primary N) is 1. The fourth-order valence-electron chi connectivity index (χ4n) is 7.11. The molecular formula is C33H38N6O. The molecule has 7 rings (SSSR count). The molecule has 0 radical (unpaired) electrons. The van der Waals surface area contributed by atoms with Gasteiger partial charge in [0.15, 0.2) is 0 Å². The van der Waals surface area contributed by atoms with Crippen LogP contribution in [-0.4, -0.2) is 47.6 Å². The zero-order chi connectivity index (χ0) is 27.2. The third kappa shape index (κ3) is 4.28. The zero-order valence-electron chi connectivity index (χ0n) is 23.3. The van der Waals surface area contributed by atoms with Crippen molar-refractivity contribution in [2.45, 2.75) is 57.3 Å². The van der Waals surface area contributed by atoms with Crippen LogP contribution in [0.15, 0.2) is 89.3 Å². The molecular weight excluding hydrogens is 496 g/mol. The standard InChI is InChI=1S/C33H38N6O/c1-3-23(19-34)33-36-32(25-11-14-35-15-12-25)37-38(33)20-22-5-4-6-26(18-22)39-28-10-8-24-13-16-40-31(24)30(28)27-9-7-21(2)17-29(27)39/h3-12,14-15,21,26-27,29,32,37H,13,16-20,34H2,1-2H3/b23-3+. The number of nitrogens with zero attached hydrogens (tertiary/aromatic N) is 4. The van der Waals surface area contributed by atoms with Gasteiger partial charge in [0.25, 0.3) is 0 Å². The van der Waals surface area contributed by atoms with Gasteiger partial charge in [0, 0.05) is 54.1 Å². The summed E-state index contributed by atoms with van der Waals surface area (Å²) in [6.07, 6.45) is 20.4. The van der Waals surface area contributed by atoms with Crippen LogP contribution in [0, 0.1) is 5.92 Å². The quantitative estimate of drug-likeness (QED) is 0.510. The average Bonchev–Trinajstić information content (AvgIpc) is 3.70. The molecule has 4 heterocycles. The second kappa shape index (κ2) is 10.4. The molecule has 2 aromatic rings. The molecule has 0 saturated carbocycles. The summed E-state index contributed by atoms with van der Waals surface area (Å²) in [7, 11) is 0. The van der Waals surface area contributed by atoms with Gasteiger partial charge >= 0.3 is 0 Å². The van der Waals surface area contributed by atoms with Crippen LogP contribution >= 0.6 is 0 Å². The van der Waals surface area contributed by atoms with E-state index in [-0.39, 0.29) is 6.17 Å². The normalized spacial score (nSPS) is 28.7. The Morgan fingerprint density at radius 3 is 2.88 bits per heavy atom. The Balaban J connectivity index is 1.15. The number of nitrogens with one attached hydrogen (secondary N) is 1. The average molecular weight is 535 g/mol. The van der Waals surface area contributed by atoms with Gasteiger partial charge in [-0.2, -0.15) is 0 Å². The molecule has 0 saturated heterocycles. The number of hydrogen-bond acceptors (Lipinski definition) is 7. The van der Waals surface area contributed by atoms with E-state index in [0.29, 0.717) is 30.5 Å². The van der Waals surface area contributed by atoms with Crippen molar-refractivity contribution < 1.29 is 4.74 Å². The zero-order valence-corrected chi connectivity index (χ0v) is 23.3. The number of fused-ring (bicyclic) bond motifs is 5. The molecule has 5 unspecified atom stereocenters. The van der Waals surface area contributed by atoms with Crippen molar-refractivity contribution in [1.29, 1.82) is 0 Å². The van der Waals surface area contributed by atoms with Gasteiger partial charge in [-0.15, -0.1) is 0 Å². The Morgan fingerprint density at radius 2 is 2.05 bits per heavy atom. The van der Waals surface area contributed by atoms with Crippen LogP contribution in [0.3, 0.4) is 0 Å². The lowest BCUT2D eigenvalue weighted by Crippen LogP contribution is -2.45. The maximum atomic E-state index is 6.23. The van der Waals surface area contributed by atoms with Crippen LogP contribution in [0.2, 0.25) is 0 Å². The van der Waals surface area contributed by atoms with E-state index in [2.05, 4.69) is 75.8 Å². The van der Waals surface area contributed by atoms with Gasteiger partial charge in [-0.3, -0.25) is 9.99 Å². The fraction of sp³-hybridized carbons (Fsp3) is 0.394. The van der Waals surface area contributed by atoms with Crippen LogP contribution in [0.25, 0.3) is 0 Å². The largest absolute Gasteiger partial charge is 0.493 e. The third-order valence-corrected chi connectivity index (χ3v) is 9.03. The van der Waals surface area contributed by atoms with Gasteiger partial charge in [0.1, 0.15) is 17.8 Å². The van der Waals surface area contributed by atoms with Crippen LogP contribution in [0.1, 0.15) is 55.5 Å². The molecule has 40 heavy (non-hydrogen) atoms. The highest BCUT2D eigenvalue weighted by Crippen LogP contribution is 2.53. The first-order valence-corrected chi connectivity index (χ1v) is 14.6. The van der Waals surface area contributed by atoms with E-state index in [9.17, 15) is 0 Å². The minimum atomic E-state index is -0.154. The summed E-state index contributed by atoms with van der Waals surface area (Å²) >= 11 is 0. The number of allylic oxidation sites excluding steroid dienone is 4. The third-order valence-electron chi connectivity index (χ3n) is 9.03. The van der Waals surface area contributed by atoms with Crippen molar-refractivity contribution in [3.05, 3.63) is 101 Å². The van der Waals surface area contributed by atoms with E-state index in [1.54, 1.807) is 0 Å². The molecule has 3 aliphatic heterocycles. The molecule has 1 aromatic heterocycles. The maximum absolute atomic E-state index is 6.23. The maximum Gasteiger partial charge on any atom is 0.144 e. The van der Waals surface area contributed by atoms with Crippen molar-refractivity contribution in [3.8, 4) is 5.75 Å². The molecule has 0 amide bonds. The number of aliphatic imine (C=N–C) groups is 1. The van der Waals surface area contributed by atoms with Crippen LogP contribution in [-0.2, 0) is 6.42 Å². The summed E-state index contributed by atoms with van der Waals surface area (Å²) < 4.78 is 6.23. The van der Waals surface area contributed by atoms with E-state index in [0.717, 1.165) is 55.1 Å². The monoisotopic (exact) mass is 534 g/mol. The first-order valence-electron chi connectivity index (χ1n) is 14.6. The molecule has 5 aliphatic rings. The Morgan fingerprint density at radius 1 is 1.18 bits per heavy atom. The molecule has 5 atom stereocenters. The predicted octanol–water partition coefficient (Wildman–Crippen LogP) is 4.96. The van der Waals surface area contributed by atoms with Gasteiger partial charge < -0.3 is 15.4 Å². The predicted molar refractivity (Wildman–Crippen MR) is 160 cm³/mol. The highest BCUT2D eigenvalue weighted by atomic mass is 16.5. The topological polar surface area (TPSA) is 79.0 Å². The summed E-state index contributed by atoms with van der Waals surface area (Å²) in [5.74, 6) is 3.03. The SMILES string of the molecule is C/C=C(\CN)C1=NC(c2ccncc2)NN1CC1=CC=CC(N2c3ccc4c(c3C3C=CC(C)CC32)OCC4)C1. The van der Waals surface area contributed by atoms with Gasteiger partial charge in [-0.05, 0) is 60.6 Å². The summed E-state index contributed by atoms with van der Waals surface area (Å²) in [6.45, 7) is 6.36. The molecule has 0 bridgehead atoms. The van der Waals surface area contributed by atoms with E-state index in [1.807, 2.05) is 31.5 Å². The number of amidine groups is 1. The highest BCUT2D eigenvalue weighted by Gasteiger charge is 2.45. The lowest BCUT2D eigenvalue weighted by molar-refractivity contribution is 0.315. The van der Waals surface area contributed by atoms with Crippen molar-refractivity contribution in [1.82, 2.24) is 15.4 Å². The van der Waals surface area contributed by atoms with Crippen LogP contribution < -0.4 is 20.8 Å². The Kier molecular flexibility index (Phi) is 6.56. The molecule has 2 aliphatic carbocycles. The molecule has 0 fully saturated rings. The number of benzene rings is 1. The van der Waals surface area contributed by atoms with Crippen LogP contribution in [0.4, 0.5) is 5.69 Å². The summed E-state index contributed by atoms with van der Waals surface area (Å²) in [5.41, 5.74) is 17.4. The first kappa shape index (κ1) is 25.3. The van der Waals surface area contributed by atoms with E-state index < -0.39 is 0 Å². The molecule has 7 nitrogen and oxygen atoms in total. The Labute approximate surface area is 236 Å². The van der Waals surface area contributed by atoms with Crippen molar-refractivity contribution in [2.75, 3.05) is 24.6 Å². The molecule has 0 spiro atoms. The van der Waals surface area contributed by atoms with E-state index in [4.69, 9.17) is 15.5 Å². The van der Waals surface area contributed by atoms with Gasteiger partial charge in [-0.25, -0.2) is 10.4 Å². The smallest absolute Gasteiger partial charge is 0.144 e. The first-order chi connectivity index (χ1) is 19.6. The second-order valence-electron chi connectivity index (χ2n) is 11.5. The Hall–Kier alpha value is -3.68. The summed E-state index contributed by atoms with van der Waals surface area (Å²) in [6, 6.07) is 9.42. The number of aromatic nitrogens is 1. The van der Waals surface area contributed by atoms with Gasteiger partial charge in [0.05, 0.1) is 19.2 Å².